The number of carbonyl (C=O) groups is 3. The third kappa shape index (κ3) is 3.98. The number of amides is 3. The van der Waals surface area contributed by atoms with E-state index in [2.05, 4.69) is 20.6 Å². The van der Waals surface area contributed by atoms with Crippen molar-refractivity contribution in [3.8, 4) is 0 Å². The summed E-state index contributed by atoms with van der Waals surface area (Å²) in [6.07, 6.45) is 1.64. The van der Waals surface area contributed by atoms with Crippen molar-refractivity contribution in [3.63, 3.8) is 0 Å². The number of anilines is 1. The summed E-state index contributed by atoms with van der Waals surface area (Å²) in [5.41, 5.74) is 3.58. The first-order valence-electron chi connectivity index (χ1n) is 11.2. The Bertz CT molecular complexity index is 1240. The van der Waals surface area contributed by atoms with Gasteiger partial charge >= 0.3 is 0 Å². The first-order valence-corrected chi connectivity index (χ1v) is 12.2. The van der Waals surface area contributed by atoms with Crippen LogP contribution in [0.5, 0.6) is 0 Å². The summed E-state index contributed by atoms with van der Waals surface area (Å²) in [6, 6.07) is 7.35. The standard InChI is InChI=1S/C24H25N5O4S/c1-15-19(26-33-25-15)13-29-23(31)18-6-3-7-20(21(18)24(29)32)28-9-4-5-17(12-28)22(30)27(2)11-16-8-10-34-14-16/h3,6-8,10,14,17H,4-5,9,11-13H2,1-2H3/t17-/m0/s1. The first-order chi connectivity index (χ1) is 16.4. The molecule has 34 heavy (non-hydrogen) atoms. The molecule has 2 aromatic heterocycles. The highest BCUT2D eigenvalue weighted by Crippen LogP contribution is 2.35. The van der Waals surface area contributed by atoms with E-state index in [-0.39, 0.29) is 30.2 Å². The second kappa shape index (κ2) is 9.02. The zero-order chi connectivity index (χ0) is 23.8. The maximum atomic E-state index is 13.3. The Morgan fingerprint density at radius 3 is 2.82 bits per heavy atom. The largest absolute Gasteiger partial charge is 0.370 e. The number of thiophene rings is 1. The number of hydrogen-bond acceptors (Lipinski definition) is 8. The smallest absolute Gasteiger partial charge is 0.264 e. The summed E-state index contributed by atoms with van der Waals surface area (Å²) in [5, 5.41) is 11.6. The van der Waals surface area contributed by atoms with Crippen molar-refractivity contribution >= 4 is 34.7 Å². The molecule has 1 fully saturated rings. The number of nitrogens with zero attached hydrogens (tertiary/aromatic N) is 5. The molecule has 10 heteroatoms. The van der Waals surface area contributed by atoms with Crippen LogP contribution in [0.15, 0.2) is 39.7 Å². The molecule has 5 rings (SSSR count). The average Bonchev–Trinajstić information content (AvgIpc) is 3.57. The quantitative estimate of drug-likeness (QED) is 0.501. The number of benzene rings is 1. The van der Waals surface area contributed by atoms with E-state index in [1.165, 1.54) is 4.90 Å². The van der Waals surface area contributed by atoms with Crippen LogP contribution in [0.4, 0.5) is 5.69 Å². The summed E-state index contributed by atoms with van der Waals surface area (Å²) in [5.74, 6) is -0.785. The van der Waals surface area contributed by atoms with E-state index in [9.17, 15) is 14.4 Å². The monoisotopic (exact) mass is 479 g/mol. The Balaban J connectivity index is 1.35. The average molecular weight is 480 g/mol. The number of carbonyl (C=O) groups excluding carboxylic acids is 3. The van der Waals surface area contributed by atoms with Gasteiger partial charge in [0.2, 0.25) is 5.91 Å². The number of aromatic nitrogens is 2. The van der Waals surface area contributed by atoms with Crippen LogP contribution in [0.3, 0.4) is 0 Å². The molecule has 3 aromatic rings. The molecule has 2 aliphatic rings. The van der Waals surface area contributed by atoms with E-state index < -0.39 is 0 Å². The molecular formula is C24H25N5O4S. The van der Waals surface area contributed by atoms with Crippen molar-refractivity contribution in [1.29, 1.82) is 0 Å². The minimum atomic E-state index is -0.360. The van der Waals surface area contributed by atoms with Crippen LogP contribution in [0.25, 0.3) is 0 Å². The highest BCUT2D eigenvalue weighted by atomic mass is 32.1. The molecule has 1 aromatic carbocycles. The summed E-state index contributed by atoms with van der Waals surface area (Å²) < 4.78 is 4.72. The predicted molar refractivity (Wildman–Crippen MR) is 125 cm³/mol. The second-order valence-electron chi connectivity index (χ2n) is 8.80. The molecule has 0 radical (unpaired) electrons. The van der Waals surface area contributed by atoms with E-state index in [4.69, 9.17) is 4.63 Å². The first kappa shape index (κ1) is 22.3. The van der Waals surface area contributed by atoms with Gasteiger partial charge in [-0.15, -0.1) is 0 Å². The van der Waals surface area contributed by atoms with Crippen LogP contribution in [0.2, 0.25) is 0 Å². The van der Waals surface area contributed by atoms with Gasteiger partial charge in [0.1, 0.15) is 11.4 Å². The lowest BCUT2D eigenvalue weighted by Crippen LogP contribution is -2.44. The Hall–Kier alpha value is -3.53. The zero-order valence-electron chi connectivity index (χ0n) is 19.1. The predicted octanol–water partition coefficient (Wildman–Crippen LogP) is 3.11. The molecule has 176 valence electrons. The Morgan fingerprint density at radius 1 is 1.24 bits per heavy atom. The van der Waals surface area contributed by atoms with Crippen LogP contribution in [0.1, 0.15) is 50.5 Å². The normalized spacial score (nSPS) is 17.9. The number of rotatable bonds is 6. The SMILES string of the molecule is Cc1nonc1CN1C(=O)c2cccc(N3CCC[C@H](C(=O)N(C)Cc4ccsc4)C3)c2C1=O. The fourth-order valence-electron chi connectivity index (χ4n) is 4.71. The lowest BCUT2D eigenvalue weighted by molar-refractivity contribution is -0.135. The number of piperidine rings is 1. The Labute approximate surface area is 200 Å². The zero-order valence-corrected chi connectivity index (χ0v) is 19.9. The summed E-state index contributed by atoms with van der Waals surface area (Å²) in [4.78, 5) is 44.6. The van der Waals surface area contributed by atoms with E-state index in [1.807, 2.05) is 24.6 Å². The molecule has 0 aliphatic carbocycles. The van der Waals surface area contributed by atoms with Gasteiger partial charge in [-0.2, -0.15) is 11.3 Å². The van der Waals surface area contributed by atoms with E-state index in [0.717, 1.165) is 24.9 Å². The van der Waals surface area contributed by atoms with Gasteiger partial charge in [0.05, 0.1) is 29.3 Å². The molecule has 0 spiro atoms. The van der Waals surface area contributed by atoms with Crippen molar-refractivity contribution < 1.29 is 19.0 Å². The number of hydrogen-bond donors (Lipinski definition) is 0. The van der Waals surface area contributed by atoms with Crippen molar-refractivity contribution in [2.75, 3.05) is 25.0 Å². The van der Waals surface area contributed by atoms with Gasteiger partial charge in [0.15, 0.2) is 0 Å². The minimum absolute atomic E-state index is 0.00953. The van der Waals surface area contributed by atoms with Crippen LogP contribution in [-0.2, 0) is 17.9 Å². The third-order valence-electron chi connectivity index (χ3n) is 6.52. The molecule has 2 aliphatic heterocycles. The van der Waals surface area contributed by atoms with Crippen molar-refractivity contribution in [3.05, 3.63) is 63.1 Å². The fraction of sp³-hybridized carbons (Fsp3) is 0.375. The van der Waals surface area contributed by atoms with E-state index in [1.54, 1.807) is 35.3 Å². The molecule has 3 amide bonds. The summed E-state index contributed by atoms with van der Waals surface area (Å²) in [6.45, 7) is 3.54. The van der Waals surface area contributed by atoms with Crippen molar-refractivity contribution in [1.82, 2.24) is 20.1 Å². The lowest BCUT2D eigenvalue weighted by atomic mass is 9.95. The molecule has 0 N–H and O–H groups in total. The number of fused-ring (bicyclic) bond motifs is 1. The van der Waals surface area contributed by atoms with Crippen molar-refractivity contribution in [2.45, 2.75) is 32.9 Å². The maximum absolute atomic E-state index is 13.3. The van der Waals surface area contributed by atoms with Gasteiger partial charge in [-0.1, -0.05) is 16.4 Å². The molecule has 4 heterocycles. The lowest BCUT2D eigenvalue weighted by Gasteiger charge is -2.36. The fourth-order valence-corrected chi connectivity index (χ4v) is 5.37. The topological polar surface area (TPSA) is 99.8 Å². The molecule has 0 unspecified atom stereocenters. The Morgan fingerprint density at radius 2 is 2.09 bits per heavy atom. The van der Waals surface area contributed by atoms with Crippen LogP contribution in [-0.4, -0.2) is 58.0 Å². The highest BCUT2D eigenvalue weighted by Gasteiger charge is 2.40. The number of imide groups is 1. The van der Waals surface area contributed by atoms with Crippen LogP contribution >= 0.6 is 11.3 Å². The summed E-state index contributed by atoms with van der Waals surface area (Å²) in [7, 11) is 1.83. The summed E-state index contributed by atoms with van der Waals surface area (Å²) >= 11 is 1.62. The second-order valence-corrected chi connectivity index (χ2v) is 9.58. The van der Waals surface area contributed by atoms with Gasteiger partial charge in [-0.25, -0.2) is 4.63 Å². The van der Waals surface area contributed by atoms with Crippen molar-refractivity contribution in [2.24, 2.45) is 5.92 Å². The Kier molecular flexibility index (Phi) is 5.91. The van der Waals surface area contributed by atoms with Crippen LogP contribution in [0, 0.1) is 12.8 Å². The molecule has 0 saturated carbocycles. The van der Waals surface area contributed by atoms with Gasteiger partial charge in [-0.3, -0.25) is 19.3 Å². The molecule has 0 bridgehead atoms. The van der Waals surface area contributed by atoms with Crippen LogP contribution < -0.4 is 4.90 Å². The van der Waals surface area contributed by atoms with E-state index >= 15 is 0 Å². The van der Waals surface area contributed by atoms with Gasteiger partial charge < -0.3 is 9.80 Å². The van der Waals surface area contributed by atoms with Gasteiger partial charge in [-0.05, 0) is 54.3 Å². The third-order valence-corrected chi connectivity index (χ3v) is 7.25. The van der Waals surface area contributed by atoms with E-state index in [0.29, 0.717) is 41.3 Å². The molecule has 1 atom stereocenters. The maximum Gasteiger partial charge on any atom is 0.264 e. The molecule has 9 nitrogen and oxygen atoms in total. The highest BCUT2D eigenvalue weighted by molar-refractivity contribution is 7.07. The number of aryl methyl sites for hydroxylation is 1. The van der Waals surface area contributed by atoms with Gasteiger partial charge in [0.25, 0.3) is 11.8 Å². The minimum Gasteiger partial charge on any atom is -0.370 e. The molecule has 1 saturated heterocycles. The van der Waals surface area contributed by atoms with Gasteiger partial charge in [0, 0.05) is 26.7 Å². The molecular weight excluding hydrogens is 454 g/mol.